The lowest BCUT2D eigenvalue weighted by Crippen LogP contribution is -2.09. The average Bonchev–Trinajstić information content (AvgIpc) is 3.64. The highest BCUT2D eigenvalue weighted by Crippen LogP contribution is 2.42. The molecule has 0 atom stereocenters. The summed E-state index contributed by atoms with van der Waals surface area (Å²) in [7, 11) is 0. The Morgan fingerprint density at radius 3 is 0.898 bits per heavy atom. The van der Waals surface area contributed by atoms with Crippen LogP contribution in [0, 0.1) is 11.6 Å². The quantitative estimate of drug-likeness (QED) is 0.163. The van der Waals surface area contributed by atoms with Gasteiger partial charge < -0.3 is 9.80 Å². The molecule has 8 aromatic rings. The number of para-hydroxylation sites is 4. The molecule has 0 aliphatic carbocycles. The fourth-order valence-electron chi connectivity index (χ4n) is 6.23. The number of nitrogens with zero attached hydrogens (tertiary/aromatic N) is 4. The van der Waals surface area contributed by atoms with Crippen molar-refractivity contribution >= 4 is 56.9 Å². The Balaban J connectivity index is 1.17. The molecule has 236 valence electrons. The summed E-state index contributed by atoms with van der Waals surface area (Å²) in [4.78, 5) is 4.23. The largest absolute Gasteiger partial charge is 0.311 e. The molecule has 0 aliphatic rings. The van der Waals surface area contributed by atoms with Gasteiger partial charge in [0.05, 0.1) is 11.7 Å². The Kier molecular flexibility index (Phi) is 8.09. The van der Waals surface area contributed by atoms with Gasteiger partial charge in [-0.15, -0.1) is 0 Å². The summed E-state index contributed by atoms with van der Waals surface area (Å²) < 4.78 is 41.4. The molecule has 0 N–H and O–H groups in total. The molecule has 0 spiro atoms. The second-order valence-corrected chi connectivity index (χ2v) is 12.0. The monoisotopic (exact) mass is 658 g/mol. The van der Waals surface area contributed by atoms with Crippen LogP contribution in [0.2, 0.25) is 0 Å². The molecule has 0 amide bonds. The van der Waals surface area contributed by atoms with Crippen molar-refractivity contribution < 1.29 is 8.78 Å². The van der Waals surface area contributed by atoms with Gasteiger partial charge in [0.2, 0.25) is 0 Å². The van der Waals surface area contributed by atoms with Crippen LogP contribution in [0.5, 0.6) is 0 Å². The van der Waals surface area contributed by atoms with Crippen molar-refractivity contribution in [1.29, 1.82) is 0 Å². The molecule has 8 rings (SSSR count). The number of aromatic nitrogens is 2. The number of fused-ring (bicyclic) bond motifs is 1. The first-order valence-electron chi connectivity index (χ1n) is 15.8. The van der Waals surface area contributed by atoms with E-state index in [1.54, 1.807) is 24.3 Å². The highest BCUT2D eigenvalue weighted by Gasteiger charge is 2.25. The van der Waals surface area contributed by atoms with Crippen molar-refractivity contribution in [3.05, 3.63) is 181 Å². The fourth-order valence-corrected chi connectivity index (χ4v) is 6.79. The lowest BCUT2D eigenvalue weighted by Gasteiger charge is -2.25. The van der Waals surface area contributed by atoms with E-state index in [9.17, 15) is 0 Å². The van der Waals surface area contributed by atoms with Crippen LogP contribution in [-0.4, -0.2) is 8.75 Å². The Bertz CT molecular complexity index is 2090. The lowest BCUT2D eigenvalue weighted by atomic mass is 9.96. The number of benzene rings is 7. The Morgan fingerprint density at radius 1 is 0.347 bits per heavy atom. The molecule has 0 bridgehead atoms. The highest BCUT2D eigenvalue weighted by molar-refractivity contribution is 7.00. The van der Waals surface area contributed by atoms with E-state index in [4.69, 9.17) is 0 Å². The van der Waals surface area contributed by atoms with E-state index < -0.39 is 11.6 Å². The predicted octanol–water partition coefficient (Wildman–Crippen LogP) is 12.2. The molecule has 0 unspecified atom stereocenters. The Hall–Kier alpha value is -6.18. The maximum absolute atomic E-state index is 16.2. The third-order valence-electron chi connectivity index (χ3n) is 8.48. The molecule has 0 radical (unpaired) electrons. The number of anilines is 6. The average molecular weight is 659 g/mol. The van der Waals surface area contributed by atoms with Gasteiger partial charge in [-0.2, -0.15) is 8.75 Å². The van der Waals surface area contributed by atoms with Crippen LogP contribution in [-0.2, 0) is 0 Å². The number of hydrogen-bond donors (Lipinski definition) is 0. The smallest absolute Gasteiger partial charge is 0.169 e. The molecule has 49 heavy (non-hydrogen) atoms. The van der Waals surface area contributed by atoms with Crippen LogP contribution >= 0.6 is 11.7 Å². The summed E-state index contributed by atoms with van der Waals surface area (Å²) in [6.07, 6.45) is 0. The van der Waals surface area contributed by atoms with E-state index in [0.29, 0.717) is 22.2 Å². The lowest BCUT2D eigenvalue weighted by molar-refractivity contribution is 0.515. The first kappa shape index (κ1) is 30.2. The molecule has 0 fully saturated rings. The minimum absolute atomic E-state index is 0.0958. The molecule has 0 saturated carbocycles. The second-order valence-electron chi connectivity index (χ2n) is 11.4. The summed E-state index contributed by atoms with van der Waals surface area (Å²) >= 11 is 0.943. The fraction of sp³-hybridized carbons (Fsp3) is 0. The minimum Gasteiger partial charge on any atom is -0.311 e. The van der Waals surface area contributed by atoms with Gasteiger partial charge in [0.15, 0.2) is 11.6 Å². The van der Waals surface area contributed by atoms with Crippen LogP contribution in [0.1, 0.15) is 0 Å². The molecule has 0 saturated heterocycles. The van der Waals surface area contributed by atoms with Crippen molar-refractivity contribution in [2.75, 3.05) is 9.80 Å². The van der Waals surface area contributed by atoms with E-state index in [0.717, 1.165) is 45.9 Å². The number of halogens is 2. The van der Waals surface area contributed by atoms with Crippen LogP contribution in [0.15, 0.2) is 170 Å². The van der Waals surface area contributed by atoms with Gasteiger partial charge in [0.1, 0.15) is 11.0 Å². The summed E-state index contributed by atoms with van der Waals surface area (Å²) in [5.74, 6) is -1.91. The predicted molar refractivity (Wildman–Crippen MR) is 198 cm³/mol. The van der Waals surface area contributed by atoms with E-state index in [1.165, 1.54) is 0 Å². The second kappa shape index (κ2) is 13.1. The normalized spacial score (nSPS) is 11.1. The van der Waals surface area contributed by atoms with E-state index in [2.05, 4.69) is 18.5 Å². The molecule has 1 aromatic heterocycles. The zero-order valence-electron chi connectivity index (χ0n) is 26.1. The maximum atomic E-state index is 16.2. The van der Waals surface area contributed by atoms with Gasteiger partial charge in [-0.25, -0.2) is 8.78 Å². The van der Waals surface area contributed by atoms with Gasteiger partial charge in [-0.3, -0.25) is 0 Å². The highest BCUT2D eigenvalue weighted by atomic mass is 32.1. The molecular weight excluding hydrogens is 631 g/mol. The first-order valence-corrected chi connectivity index (χ1v) is 16.5. The van der Waals surface area contributed by atoms with Crippen molar-refractivity contribution in [3.8, 4) is 22.3 Å². The standard InChI is InChI=1S/C42H28F2N4S/c43-39-37(29-21-25-35(26-22-29)47(31-13-5-1-6-14-31)32-15-7-2-8-16-32)41-42(46-49-45-41)38(40(39)44)30-23-27-36(28-24-30)48(33-17-9-3-10-18-33)34-19-11-4-12-20-34/h1-28H. The zero-order valence-corrected chi connectivity index (χ0v) is 26.9. The van der Waals surface area contributed by atoms with E-state index in [-0.39, 0.29) is 11.1 Å². The maximum Gasteiger partial charge on any atom is 0.169 e. The van der Waals surface area contributed by atoms with E-state index in [1.807, 2.05) is 146 Å². The molecular formula is C42H28F2N4S. The van der Waals surface area contributed by atoms with Crippen molar-refractivity contribution in [3.63, 3.8) is 0 Å². The van der Waals surface area contributed by atoms with Crippen LogP contribution in [0.4, 0.5) is 42.9 Å². The van der Waals surface area contributed by atoms with Gasteiger partial charge in [0, 0.05) is 45.3 Å². The molecule has 7 aromatic carbocycles. The van der Waals surface area contributed by atoms with Crippen molar-refractivity contribution in [2.24, 2.45) is 0 Å². The third kappa shape index (κ3) is 5.70. The minimum atomic E-state index is -0.954. The Labute approximate surface area is 287 Å². The van der Waals surface area contributed by atoms with Gasteiger partial charge >= 0.3 is 0 Å². The summed E-state index contributed by atoms with van der Waals surface area (Å²) in [5.41, 5.74) is 7.57. The molecule has 1 heterocycles. The molecule has 4 nitrogen and oxygen atoms in total. The summed E-state index contributed by atoms with van der Waals surface area (Å²) in [6, 6.07) is 55.0. The third-order valence-corrected chi connectivity index (χ3v) is 9.01. The summed E-state index contributed by atoms with van der Waals surface area (Å²) in [5, 5.41) is 0. The summed E-state index contributed by atoms with van der Waals surface area (Å²) in [6.45, 7) is 0. The van der Waals surface area contributed by atoms with Crippen molar-refractivity contribution in [2.45, 2.75) is 0 Å². The van der Waals surface area contributed by atoms with Crippen LogP contribution in [0.3, 0.4) is 0 Å². The van der Waals surface area contributed by atoms with Gasteiger partial charge in [0.25, 0.3) is 0 Å². The Morgan fingerprint density at radius 2 is 0.612 bits per heavy atom. The van der Waals surface area contributed by atoms with E-state index >= 15 is 8.78 Å². The topological polar surface area (TPSA) is 32.3 Å². The van der Waals surface area contributed by atoms with Gasteiger partial charge in [-0.1, -0.05) is 97.1 Å². The first-order chi connectivity index (χ1) is 24.2. The van der Waals surface area contributed by atoms with Crippen molar-refractivity contribution in [1.82, 2.24) is 8.75 Å². The van der Waals surface area contributed by atoms with Crippen LogP contribution < -0.4 is 9.80 Å². The van der Waals surface area contributed by atoms with Gasteiger partial charge in [-0.05, 0) is 83.9 Å². The number of hydrogen-bond acceptors (Lipinski definition) is 5. The molecule has 7 heteroatoms. The zero-order chi connectivity index (χ0) is 33.2. The molecule has 0 aliphatic heterocycles. The SMILES string of the molecule is Fc1c(F)c(-c2ccc(N(c3ccccc3)c3ccccc3)cc2)c2nsnc2c1-c1ccc(N(c2ccccc2)c2ccccc2)cc1. The number of rotatable bonds is 8. The van der Waals surface area contributed by atoms with Crippen LogP contribution in [0.25, 0.3) is 33.3 Å².